The maximum absolute atomic E-state index is 13.2. The molecular formula is C19H22FN3O2. The van der Waals surface area contributed by atoms with Crippen molar-refractivity contribution in [2.24, 2.45) is 5.92 Å². The van der Waals surface area contributed by atoms with Crippen LogP contribution in [0.5, 0.6) is 0 Å². The predicted molar refractivity (Wildman–Crippen MR) is 91.2 cm³/mol. The van der Waals surface area contributed by atoms with Gasteiger partial charge in [-0.05, 0) is 68.5 Å². The predicted octanol–water partition coefficient (Wildman–Crippen LogP) is 2.80. The molecule has 1 aliphatic carbocycles. The fraction of sp³-hybridized carbons (Fsp3) is 0.474. The van der Waals surface area contributed by atoms with E-state index in [4.69, 9.17) is 5.10 Å². The molecule has 1 atom stereocenters. The number of likely N-dealkylation sites (tertiary alicyclic amines) is 1. The minimum atomic E-state index is -0.702. The molecule has 1 aromatic heterocycles. The summed E-state index contributed by atoms with van der Waals surface area (Å²) in [5.74, 6) is -1.23. The third-order valence-electron chi connectivity index (χ3n) is 5.31. The van der Waals surface area contributed by atoms with Gasteiger partial charge in [0.1, 0.15) is 5.82 Å². The minimum Gasteiger partial charge on any atom is -0.481 e. The molecule has 5 nitrogen and oxygen atoms in total. The smallest absolute Gasteiger partial charge is 0.307 e. The number of benzene rings is 1. The second-order valence-corrected chi connectivity index (χ2v) is 7.03. The third kappa shape index (κ3) is 3.18. The normalized spacial score (nSPS) is 20.6. The van der Waals surface area contributed by atoms with E-state index in [-0.39, 0.29) is 11.7 Å². The van der Waals surface area contributed by atoms with Crippen molar-refractivity contribution >= 4 is 5.97 Å². The van der Waals surface area contributed by atoms with Crippen LogP contribution in [-0.2, 0) is 24.2 Å². The molecule has 2 aliphatic rings. The number of piperidine rings is 1. The van der Waals surface area contributed by atoms with Crippen LogP contribution in [0.25, 0.3) is 5.69 Å². The lowest BCUT2D eigenvalue weighted by atomic mass is 9.98. The van der Waals surface area contributed by atoms with Gasteiger partial charge in [-0.2, -0.15) is 5.10 Å². The van der Waals surface area contributed by atoms with Crippen LogP contribution in [-0.4, -0.2) is 38.8 Å². The number of fused-ring (bicyclic) bond motifs is 1. The Kier molecular flexibility index (Phi) is 4.29. The summed E-state index contributed by atoms with van der Waals surface area (Å²) in [6.07, 6.45) is 4.78. The number of rotatable bonds is 4. The summed E-state index contributed by atoms with van der Waals surface area (Å²) in [5.41, 5.74) is 4.44. The zero-order chi connectivity index (χ0) is 17.4. The Morgan fingerprint density at radius 1 is 1.24 bits per heavy atom. The number of carbonyl (C=O) groups is 1. The monoisotopic (exact) mass is 343 g/mol. The maximum atomic E-state index is 13.2. The van der Waals surface area contributed by atoms with E-state index in [0.717, 1.165) is 50.0 Å². The Morgan fingerprint density at radius 2 is 2.04 bits per heavy atom. The van der Waals surface area contributed by atoms with Crippen LogP contribution < -0.4 is 0 Å². The Labute approximate surface area is 146 Å². The van der Waals surface area contributed by atoms with Crippen molar-refractivity contribution in [2.45, 2.75) is 38.6 Å². The van der Waals surface area contributed by atoms with Crippen LogP contribution in [0.3, 0.4) is 0 Å². The summed E-state index contributed by atoms with van der Waals surface area (Å²) >= 11 is 0. The van der Waals surface area contributed by atoms with Crippen molar-refractivity contribution in [3.8, 4) is 5.69 Å². The summed E-state index contributed by atoms with van der Waals surface area (Å²) in [7, 11) is 0. The molecule has 1 fully saturated rings. The van der Waals surface area contributed by atoms with Gasteiger partial charge in [-0.15, -0.1) is 0 Å². The number of aromatic nitrogens is 2. The number of hydrogen-bond acceptors (Lipinski definition) is 3. The van der Waals surface area contributed by atoms with Crippen LogP contribution in [0.1, 0.15) is 36.2 Å². The summed E-state index contributed by atoms with van der Waals surface area (Å²) in [6.45, 7) is 2.20. The van der Waals surface area contributed by atoms with Crippen LogP contribution in [0.2, 0.25) is 0 Å². The zero-order valence-electron chi connectivity index (χ0n) is 14.1. The topological polar surface area (TPSA) is 58.4 Å². The van der Waals surface area contributed by atoms with Gasteiger partial charge in [-0.25, -0.2) is 9.07 Å². The number of halogens is 1. The second-order valence-electron chi connectivity index (χ2n) is 7.03. The average molecular weight is 343 g/mol. The van der Waals surface area contributed by atoms with Gasteiger partial charge in [0, 0.05) is 18.8 Å². The van der Waals surface area contributed by atoms with Gasteiger partial charge >= 0.3 is 5.97 Å². The molecule has 2 heterocycles. The third-order valence-corrected chi connectivity index (χ3v) is 5.31. The summed E-state index contributed by atoms with van der Waals surface area (Å²) < 4.78 is 15.1. The van der Waals surface area contributed by atoms with E-state index in [1.165, 1.54) is 23.4 Å². The second kappa shape index (κ2) is 6.59. The van der Waals surface area contributed by atoms with Crippen molar-refractivity contribution in [3.05, 3.63) is 47.0 Å². The standard InChI is InChI=1S/C19H22FN3O2/c20-14-6-8-15(9-7-14)23-18-5-1-4-16(18)17(21-23)12-22-10-2-3-13(11-22)19(24)25/h6-9,13H,1-5,10-12H2,(H,24,25). The van der Waals surface area contributed by atoms with Crippen molar-refractivity contribution < 1.29 is 14.3 Å². The molecule has 1 unspecified atom stereocenters. The fourth-order valence-electron chi connectivity index (χ4n) is 4.05. The van der Waals surface area contributed by atoms with Crippen molar-refractivity contribution in [2.75, 3.05) is 13.1 Å². The van der Waals surface area contributed by atoms with Gasteiger partial charge in [-0.3, -0.25) is 9.69 Å². The molecular weight excluding hydrogens is 321 g/mol. The average Bonchev–Trinajstić information content (AvgIpc) is 3.20. The number of carboxylic acids is 1. The maximum Gasteiger partial charge on any atom is 0.307 e. The lowest BCUT2D eigenvalue weighted by molar-refractivity contribution is -0.143. The molecule has 0 saturated carbocycles. The first-order valence-electron chi connectivity index (χ1n) is 8.92. The summed E-state index contributed by atoms with van der Waals surface area (Å²) in [5, 5.41) is 14.1. The van der Waals surface area contributed by atoms with E-state index < -0.39 is 5.97 Å². The van der Waals surface area contributed by atoms with E-state index >= 15 is 0 Å². The highest BCUT2D eigenvalue weighted by Gasteiger charge is 2.28. The first-order chi connectivity index (χ1) is 12.1. The molecule has 1 aliphatic heterocycles. The Hall–Kier alpha value is -2.21. The van der Waals surface area contributed by atoms with Crippen molar-refractivity contribution in [1.82, 2.24) is 14.7 Å². The van der Waals surface area contributed by atoms with Crippen LogP contribution in [0.15, 0.2) is 24.3 Å². The Morgan fingerprint density at radius 3 is 2.80 bits per heavy atom. The largest absolute Gasteiger partial charge is 0.481 e. The van der Waals surface area contributed by atoms with E-state index in [0.29, 0.717) is 13.1 Å². The molecule has 132 valence electrons. The van der Waals surface area contributed by atoms with E-state index in [1.807, 2.05) is 4.68 Å². The Bertz CT molecular complexity index is 785. The first kappa shape index (κ1) is 16.3. The van der Waals surface area contributed by atoms with Gasteiger partial charge in [0.15, 0.2) is 0 Å². The SMILES string of the molecule is O=C(O)C1CCCN(Cc2nn(-c3ccc(F)cc3)c3c2CCC3)C1. The highest BCUT2D eigenvalue weighted by Crippen LogP contribution is 2.29. The highest BCUT2D eigenvalue weighted by atomic mass is 19.1. The van der Waals surface area contributed by atoms with Gasteiger partial charge in [-0.1, -0.05) is 0 Å². The van der Waals surface area contributed by atoms with E-state index in [2.05, 4.69) is 4.90 Å². The van der Waals surface area contributed by atoms with Crippen LogP contribution in [0, 0.1) is 11.7 Å². The summed E-state index contributed by atoms with van der Waals surface area (Å²) in [6, 6.07) is 6.43. The molecule has 0 bridgehead atoms. The zero-order valence-corrected chi connectivity index (χ0v) is 14.1. The molecule has 25 heavy (non-hydrogen) atoms. The van der Waals surface area contributed by atoms with Crippen molar-refractivity contribution in [3.63, 3.8) is 0 Å². The van der Waals surface area contributed by atoms with E-state index in [1.54, 1.807) is 12.1 Å². The molecule has 0 radical (unpaired) electrons. The Balaban J connectivity index is 1.59. The first-order valence-corrected chi connectivity index (χ1v) is 8.92. The molecule has 1 saturated heterocycles. The van der Waals surface area contributed by atoms with Crippen LogP contribution >= 0.6 is 0 Å². The summed E-state index contributed by atoms with van der Waals surface area (Å²) in [4.78, 5) is 13.5. The van der Waals surface area contributed by atoms with Gasteiger partial charge < -0.3 is 5.11 Å². The van der Waals surface area contributed by atoms with Gasteiger partial charge in [0.2, 0.25) is 0 Å². The van der Waals surface area contributed by atoms with Gasteiger partial charge in [0.25, 0.3) is 0 Å². The van der Waals surface area contributed by atoms with Crippen LogP contribution in [0.4, 0.5) is 4.39 Å². The molecule has 4 rings (SSSR count). The molecule has 2 aromatic rings. The number of carboxylic acid groups (broad SMARTS) is 1. The lowest BCUT2D eigenvalue weighted by Gasteiger charge is -2.30. The van der Waals surface area contributed by atoms with Crippen molar-refractivity contribution in [1.29, 1.82) is 0 Å². The highest BCUT2D eigenvalue weighted by molar-refractivity contribution is 5.70. The lowest BCUT2D eigenvalue weighted by Crippen LogP contribution is -2.38. The van der Waals surface area contributed by atoms with Gasteiger partial charge in [0.05, 0.1) is 17.3 Å². The molecule has 1 aromatic carbocycles. The number of nitrogens with zero attached hydrogens (tertiary/aromatic N) is 3. The molecule has 0 amide bonds. The van der Waals surface area contributed by atoms with E-state index in [9.17, 15) is 14.3 Å². The minimum absolute atomic E-state index is 0.249. The fourth-order valence-corrected chi connectivity index (χ4v) is 4.05. The molecule has 0 spiro atoms. The number of aliphatic carboxylic acids is 1. The molecule has 1 N–H and O–H groups in total. The molecule has 6 heteroatoms. The quantitative estimate of drug-likeness (QED) is 0.927. The number of hydrogen-bond donors (Lipinski definition) is 1.